The van der Waals surface area contributed by atoms with Gasteiger partial charge in [0.05, 0.1) is 6.26 Å². The first-order chi connectivity index (χ1) is 8.29. The predicted molar refractivity (Wildman–Crippen MR) is 67.1 cm³/mol. The summed E-state index contributed by atoms with van der Waals surface area (Å²) in [6, 6.07) is 3.76. The molecule has 0 aliphatic carbocycles. The monoisotopic (exact) mass is 255 g/mol. The maximum absolute atomic E-state index is 11.9. The number of rotatable bonds is 4. The van der Waals surface area contributed by atoms with Crippen molar-refractivity contribution in [3.8, 4) is 0 Å². The van der Waals surface area contributed by atoms with Gasteiger partial charge >= 0.3 is 0 Å². The molecule has 1 amide bonds. The predicted octanol–water partition coefficient (Wildman–Crippen LogP) is 2.69. The van der Waals surface area contributed by atoms with Crippen LogP contribution in [0.25, 0.3) is 0 Å². The van der Waals surface area contributed by atoms with E-state index in [2.05, 4.69) is 0 Å². The minimum atomic E-state index is 0.231. The zero-order valence-corrected chi connectivity index (χ0v) is 10.7. The molecule has 0 aromatic carbocycles. The molecule has 1 aliphatic heterocycles. The van der Waals surface area contributed by atoms with Crippen LogP contribution in [0.2, 0.25) is 0 Å². The maximum atomic E-state index is 11.9. The summed E-state index contributed by atoms with van der Waals surface area (Å²) in [5.74, 6) is 2.42. The van der Waals surface area contributed by atoms with E-state index in [0.717, 1.165) is 31.7 Å². The SMILES string of the molecule is O=C(CCc1ccco1)N1CCC(CCl)CC1. The molecule has 17 heavy (non-hydrogen) atoms. The van der Waals surface area contributed by atoms with E-state index >= 15 is 0 Å². The lowest BCUT2D eigenvalue weighted by atomic mass is 9.98. The number of furan rings is 1. The maximum Gasteiger partial charge on any atom is 0.223 e. The third-order valence-corrected chi connectivity index (χ3v) is 3.79. The quantitative estimate of drug-likeness (QED) is 0.775. The average molecular weight is 256 g/mol. The Balaban J connectivity index is 1.73. The molecule has 0 radical (unpaired) electrons. The van der Waals surface area contributed by atoms with Crippen LogP contribution in [0, 0.1) is 5.92 Å². The van der Waals surface area contributed by atoms with Crippen LogP contribution in [-0.2, 0) is 11.2 Å². The summed E-state index contributed by atoms with van der Waals surface area (Å²) in [4.78, 5) is 13.9. The van der Waals surface area contributed by atoms with Gasteiger partial charge in [-0.1, -0.05) is 0 Å². The molecule has 0 atom stereocenters. The first kappa shape index (κ1) is 12.5. The molecule has 0 saturated carbocycles. The van der Waals surface area contributed by atoms with Gasteiger partial charge in [-0.25, -0.2) is 0 Å². The van der Waals surface area contributed by atoms with Crippen LogP contribution in [-0.4, -0.2) is 29.8 Å². The summed E-state index contributed by atoms with van der Waals surface area (Å²) in [6.07, 6.45) is 4.96. The van der Waals surface area contributed by atoms with E-state index in [-0.39, 0.29) is 5.91 Å². The first-order valence-electron chi connectivity index (χ1n) is 6.15. The van der Waals surface area contributed by atoms with Crippen LogP contribution in [0.15, 0.2) is 22.8 Å². The van der Waals surface area contributed by atoms with Crippen molar-refractivity contribution >= 4 is 17.5 Å². The Hall–Kier alpha value is -0.960. The minimum absolute atomic E-state index is 0.231. The molecule has 94 valence electrons. The molecule has 1 saturated heterocycles. The zero-order valence-electron chi connectivity index (χ0n) is 9.90. The molecule has 1 aromatic rings. The number of likely N-dealkylation sites (tertiary alicyclic amines) is 1. The molecule has 0 bridgehead atoms. The second-order valence-corrected chi connectivity index (χ2v) is 4.87. The summed E-state index contributed by atoms with van der Waals surface area (Å²) in [7, 11) is 0. The van der Waals surface area contributed by atoms with E-state index in [0.29, 0.717) is 24.6 Å². The molecule has 1 aromatic heterocycles. The van der Waals surface area contributed by atoms with Crippen molar-refractivity contribution in [3.05, 3.63) is 24.2 Å². The van der Waals surface area contributed by atoms with Gasteiger partial charge in [0.15, 0.2) is 0 Å². The standard InChI is InChI=1S/C13H18ClNO2/c14-10-11-5-7-15(8-6-11)13(16)4-3-12-2-1-9-17-12/h1-2,9,11H,3-8,10H2. The Kier molecular flexibility index (Phi) is 4.49. The van der Waals surface area contributed by atoms with Gasteiger partial charge in [-0.3, -0.25) is 4.79 Å². The number of hydrogen-bond acceptors (Lipinski definition) is 2. The van der Waals surface area contributed by atoms with Crippen LogP contribution in [0.3, 0.4) is 0 Å². The van der Waals surface area contributed by atoms with Crippen LogP contribution in [0.5, 0.6) is 0 Å². The lowest BCUT2D eigenvalue weighted by Gasteiger charge is -2.31. The number of alkyl halides is 1. The number of aryl methyl sites for hydroxylation is 1. The Morgan fingerprint density at radius 3 is 2.82 bits per heavy atom. The third kappa shape index (κ3) is 3.50. The molecular weight excluding hydrogens is 238 g/mol. The molecule has 3 nitrogen and oxygen atoms in total. The Bertz CT molecular complexity index is 342. The van der Waals surface area contributed by atoms with E-state index in [1.807, 2.05) is 17.0 Å². The van der Waals surface area contributed by atoms with Crippen molar-refractivity contribution in [3.63, 3.8) is 0 Å². The summed E-state index contributed by atoms with van der Waals surface area (Å²) in [6.45, 7) is 1.71. The van der Waals surface area contributed by atoms with Gasteiger partial charge < -0.3 is 9.32 Å². The number of amides is 1. The van der Waals surface area contributed by atoms with Gasteiger partial charge in [-0.05, 0) is 30.9 Å². The average Bonchev–Trinajstić information content (AvgIpc) is 2.89. The van der Waals surface area contributed by atoms with Crippen LogP contribution < -0.4 is 0 Å². The summed E-state index contributed by atoms with van der Waals surface area (Å²) in [5, 5.41) is 0. The fraction of sp³-hybridized carbons (Fsp3) is 0.615. The molecule has 0 unspecified atom stereocenters. The van der Waals surface area contributed by atoms with Crippen molar-refractivity contribution < 1.29 is 9.21 Å². The number of carbonyl (C=O) groups is 1. The van der Waals surface area contributed by atoms with E-state index in [9.17, 15) is 4.79 Å². The van der Waals surface area contributed by atoms with E-state index in [4.69, 9.17) is 16.0 Å². The van der Waals surface area contributed by atoms with E-state index < -0.39 is 0 Å². The fourth-order valence-corrected chi connectivity index (χ4v) is 2.49. The molecule has 2 heterocycles. The Labute approximate surface area is 107 Å². The lowest BCUT2D eigenvalue weighted by Crippen LogP contribution is -2.38. The van der Waals surface area contributed by atoms with Gasteiger partial charge in [-0.15, -0.1) is 11.6 Å². The summed E-state index contributed by atoms with van der Waals surface area (Å²) < 4.78 is 5.22. The highest BCUT2D eigenvalue weighted by Gasteiger charge is 2.21. The largest absolute Gasteiger partial charge is 0.469 e. The van der Waals surface area contributed by atoms with Gasteiger partial charge in [-0.2, -0.15) is 0 Å². The minimum Gasteiger partial charge on any atom is -0.469 e. The van der Waals surface area contributed by atoms with E-state index in [1.54, 1.807) is 6.26 Å². The summed E-state index contributed by atoms with van der Waals surface area (Å²) in [5.41, 5.74) is 0. The van der Waals surface area contributed by atoms with Crippen LogP contribution in [0.1, 0.15) is 25.0 Å². The molecule has 2 rings (SSSR count). The highest BCUT2D eigenvalue weighted by molar-refractivity contribution is 6.18. The number of carbonyl (C=O) groups excluding carboxylic acids is 1. The topological polar surface area (TPSA) is 33.5 Å². The van der Waals surface area contributed by atoms with Crippen LogP contribution >= 0.6 is 11.6 Å². The third-order valence-electron chi connectivity index (χ3n) is 3.35. The number of halogens is 1. The molecule has 1 fully saturated rings. The van der Waals surface area contributed by atoms with Crippen molar-refractivity contribution in [1.82, 2.24) is 4.90 Å². The molecular formula is C13H18ClNO2. The number of nitrogens with zero attached hydrogens (tertiary/aromatic N) is 1. The van der Waals surface area contributed by atoms with Gasteiger partial charge in [0.2, 0.25) is 5.91 Å². The number of piperidine rings is 1. The van der Waals surface area contributed by atoms with Gasteiger partial charge in [0, 0.05) is 31.8 Å². The normalized spacial score (nSPS) is 17.4. The highest BCUT2D eigenvalue weighted by atomic mass is 35.5. The van der Waals surface area contributed by atoms with Crippen molar-refractivity contribution in [2.24, 2.45) is 5.92 Å². The lowest BCUT2D eigenvalue weighted by molar-refractivity contribution is -0.132. The second-order valence-electron chi connectivity index (χ2n) is 4.56. The van der Waals surface area contributed by atoms with Crippen molar-refractivity contribution in [2.75, 3.05) is 19.0 Å². The molecule has 4 heteroatoms. The van der Waals surface area contributed by atoms with E-state index in [1.165, 1.54) is 0 Å². The van der Waals surface area contributed by atoms with Crippen LogP contribution in [0.4, 0.5) is 0 Å². The second kappa shape index (κ2) is 6.10. The molecule has 1 aliphatic rings. The number of hydrogen-bond donors (Lipinski definition) is 0. The Morgan fingerprint density at radius 1 is 1.47 bits per heavy atom. The molecule has 0 spiro atoms. The smallest absolute Gasteiger partial charge is 0.223 e. The van der Waals surface area contributed by atoms with Gasteiger partial charge in [0.25, 0.3) is 0 Å². The fourth-order valence-electron chi connectivity index (χ4n) is 2.18. The first-order valence-corrected chi connectivity index (χ1v) is 6.69. The summed E-state index contributed by atoms with van der Waals surface area (Å²) >= 11 is 5.82. The Morgan fingerprint density at radius 2 is 2.24 bits per heavy atom. The highest BCUT2D eigenvalue weighted by Crippen LogP contribution is 2.19. The van der Waals surface area contributed by atoms with Crippen molar-refractivity contribution in [1.29, 1.82) is 0 Å². The zero-order chi connectivity index (χ0) is 12.1. The molecule has 0 N–H and O–H groups in total. The van der Waals surface area contributed by atoms with Gasteiger partial charge in [0.1, 0.15) is 5.76 Å². The van der Waals surface area contributed by atoms with Crippen molar-refractivity contribution in [2.45, 2.75) is 25.7 Å².